The molecule has 5 nitrogen and oxygen atoms in total. The fourth-order valence-electron chi connectivity index (χ4n) is 3.55. The summed E-state index contributed by atoms with van der Waals surface area (Å²) in [4.78, 5) is 25.4. The molecule has 1 heterocycles. The molecule has 0 saturated heterocycles. The number of rotatable bonds is 6. The molecule has 0 unspecified atom stereocenters. The van der Waals surface area contributed by atoms with Crippen molar-refractivity contribution >= 4 is 22.7 Å². The Morgan fingerprint density at radius 1 is 0.677 bits per heavy atom. The van der Waals surface area contributed by atoms with Crippen molar-refractivity contribution in [3.63, 3.8) is 0 Å². The number of fused-ring (bicyclic) bond motifs is 1. The molecular formula is C26H22O5. The van der Waals surface area contributed by atoms with Crippen molar-refractivity contribution in [2.75, 3.05) is 13.2 Å². The number of ether oxygens (including phenoxy) is 2. The minimum atomic E-state index is -0.575. The molecule has 4 aromatic rings. The highest BCUT2D eigenvalue weighted by Crippen LogP contribution is 2.40. The third-order valence-electron chi connectivity index (χ3n) is 4.91. The van der Waals surface area contributed by atoms with Crippen LogP contribution in [0.25, 0.3) is 33.4 Å². The van der Waals surface area contributed by atoms with E-state index in [-0.39, 0.29) is 24.3 Å². The largest absolute Gasteiger partial charge is 0.462 e. The number of furan rings is 1. The summed E-state index contributed by atoms with van der Waals surface area (Å²) in [5.74, 6) is 0.0914. The van der Waals surface area contributed by atoms with Gasteiger partial charge in [0.1, 0.15) is 11.5 Å². The predicted octanol–water partition coefficient (Wildman–Crippen LogP) is 6.12. The van der Waals surface area contributed by atoms with Gasteiger partial charge < -0.3 is 13.9 Å². The van der Waals surface area contributed by atoms with Gasteiger partial charge in [-0.15, -0.1) is 0 Å². The molecule has 0 radical (unpaired) electrons. The molecule has 0 atom stereocenters. The van der Waals surface area contributed by atoms with Gasteiger partial charge in [0.15, 0.2) is 0 Å². The molecule has 0 aliphatic heterocycles. The minimum Gasteiger partial charge on any atom is -0.462 e. The summed E-state index contributed by atoms with van der Waals surface area (Å²) in [5.41, 5.74) is 2.05. The van der Waals surface area contributed by atoms with E-state index in [1.165, 1.54) is 0 Å². The van der Waals surface area contributed by atoms with Crippen LogP contribution in [0, 0.1) is 0 Å². The predicted molar refractivity (Wildman–Crippen MR) is 119 cm³/mol. The first-order valence-corrected chi connectivity index (χ1v) is 10.2. The number of hydrogen-bond acceptors (Lipinski definition) is 5. The highest BCUT2D eigenvalue weighted by Gasteiger charge is 2.25. The SMILES string of the molecule is CCOC(=O)c1cc2c(-c3ccccc3)oc(-c3ccccc3)c2cc1C(=O)OCC. The smallest absolute Gasteiger partial charge is 0.339 e. The van der Waals surface area contributed by atoms with E-state index in [9.17, 15) is 9.59 Å². The zero-order valence-corrected chi connectivity index (χ0v) is 17.4. The summed E-state index contributed by atoms with van der Waals surface area (Å²) in [7, 11) is 0. The van der Waals surface area contributed by atoms with Gasteiger partial charge in [0.2, 0.25) is 0 Å². The zero-order chi connectivity index (χ0) is 21.8. The van der Waals surface area contributed by atoms with E-state index in [4.69, 9.17) is 13.9 Å². The lowest BCUT2D eigenvalue weighted by atomic mass is 9.98. The standard InChI is InChI=1S/C26H22O5/c1-3-29-25(27)21-15-19-20(16-22(21)26(28)30-4-2)24(18-13-9-6-10-14-18)31-23(19)17-11-7-5-8-12-17/h5-16H,3-4H2,1-2H3. The van der Waals surface area contributed by atoms with E-state index in [2.05, 4.69) is 0 Å². The molecule has 0 N–H and O–H groups in total. The normalized spacial score (nSPS) is 10.8. The van der Waals surface area contributed by atoms with Crippen molar-refractivity contribution in [3.8, 4) is 22.6 Å². The fraction of sp³-hybridized carbons (Fsp3) is 0.154. The Hall–Kier alpha value is -3.86. The van der Waals surface area contributed by atoms with Crippen LogP contribution in [0.2, 0.25) is 0 Å². The van der Waals surface area contributed by atoms with Crippen LogP contribution in [0.4, 0.5) is 0 Å². The molecule has 3 aromatic carbocycles. The van der Waals surface area contributed by atoms with Gasteiger partial charge in [-0.3, -0.25) is 0 Å². The van der Waals surface area contributed by atoms with Crippen LogP contribution in [-0.2, 0) is 9.47 Å². The van der Waals surface area contributed by atoms with E-state index >= 15 is 0 Å². The first-order chi connectivity index (χ1) is 15.1. The van der Waals surface area contributed by atoms with Crippen LogP contribution in [0.1, 0.15) is 34.6 Å². The summed E-state index contributed by atoms with van der Waals surface area (Å²) in [5, 5.41) is 1.45. The molecule has 0 spiro atoms. The lowest BCUT2D eigenvalue weighted by molar-refractivity contribution is 0.0479. The number of carbonyl (C=O) groups excluding carboxylic acids is 2. The summed E-state index contributed by atoms with van der Waals surface area (Å²) >= 11 is 0. The van der Waals surface area contributed by atoms with Crippen LogP contribution in [0.5, 0.6) is 0 Å². The van der Waals surface area contributed by atoms with Gasteiger partial charge >= 0.3 is 11.9 Å². The monoisotopic (exact) mass is 414 g/mol. The zero-order valence-electron chi connectivity index (χ0n) is 17.4. The van der Waals surface area contributed by atoms with Crippen LogP contribution < -0.4 is 0 Å². The van der Waals surface area contributed by atoms with Gasteiger partial charge in [0.25, 0.3) is 0 Å². The van der Waals surface area contributed by atoms with Crippen LogP contribution in [-0.4, -0.2) is 25.2 Å². The van der Waals surface area contributed by atoms with Crippen molar-refractivity contribution in [3.05, 3.63) is 83.9 Å². The molecule has 0 aliphatic carbocycles. The molecule has 0 bridgehead atoms. The number of hydrogen-bond donors (Lipinski definition) is 0. The lowest BCUT2D eigenvalue weighted by Gasteiger charge is -2.09. The van der Waals surface area contributed by atoms with E-state index in [0.717, 1.165) is 21.9 Å². The average molecular weight is 414 g/mol. The Kier molecular flexibility index (Phi) is 5.85. The molecule has 31 heavy (non-hydrogen) atoms. The molecule has 0 amide bonds. The Morgan fingerprint density at radius 3 is 1.42 bits per heavy atom. The second kappa shape index (κ2) is 8.88. The highest BCUT2D eigenvalue weighted by molar-refractivity contribution is 6.12. The summed E-state index contributed by atoms with van der Waals surface area (Å²) in [6.45, 7) is 3.85. The maximum absolute atomic E-state index is 12.7. The Morgan fingerprint density at radius 2 is 1.06 bits per heavy atom. The molecule has 5 heteroatoms. The minimum absolute atomic E-state index is 0.158. The lowest BCUT2D eigenvalue weighted by Crippen LogP contribution is -2.14. The number of benzene rings is 3. The highest BCUT2D eigenvalue weighted by atomic mass is 16.5. The summed E-state index contributed by atoms with van der Waals surface area (Å²) < 4.78 is 16.7. The molecule has 0 fully saturated rings. The quantitative estimate of drug-likeness (QED) is 0.356. The van der Waals surface area contributed by atoms with Gasteiger partial charge in [-0.05, 0) is 26.0 Å². The van der Waals surface area contributed by atoms with Crippen LogP contribution >= 0.6 is 0 Å². The molecule has 4 rings (SSSR count). The molecular weight excluding hydrogens is 392 g/mol. The first kappa shape index (κ1) is 20.4. The Bertz CT molecular complexity index is 1130. The third kappa shape index (κ3) is 3.94. The van der Waals surface area contributed by atoms with E-state index in [1.54, 1.807) is 26.0 Å². The number of esters is 2. The summed E-state index contributed by atoms with van der Waals surface area (Å²) in [6, 6.07) is 22.6. The van der Waals surface area contributed by atoms with Crippen molar-refractivity contribution in [2.45, 2.75) is 13.8 Å². The average Bonchev–Trinajstić information content (AvgIpc) is 3.18. The van der Waals surface area contributed by atoms with Gasteiger partial charge in [0, 0.05) is 21.9 Å². The molecule has 1 aromatic heterocycles. The van der Waals surface area contributed by atoms with Crippen molar-refractivity contribution in [1.29, 1.82) is 0 Å². The van der Waals surface area contributed by atoms with Gasteiger partial charge in [-0.2, -0.15) is 0 Å². The van der Waals surface area contributed by atoms with Crippen LogP contribution in [0.15, 0.2) is 77.2 Å². The van der Waals surface area contributed by atoms with Crippen molar-refractivity contribution in [1.82, 2.24) is 0 Å². The van der Waals surface area contributed by atoms with Gasteiger partial charge in [-0.25, -0.2) is 9.59 Å². The maximum atomic E-state index is 12.7. The Balaban J connectivity index is 2.04. The molecule has 0 saturated carbocycles. The second-order valence-electron chi connectivity index (χ2n) is 6.88. The van der Waals surface area contributed by atoms with Gasteiger partial charge in [-0.1, -0.05) is 60.7 Å². The second-order valence-corrected chi connectivity index (χ2v) is 6.88. The summed E-state index contributed by atoms with van der Waals surface area (Å²) in [6.07, 6.45) is 0. The van der Waals surface area contributed by atoms with Crippen LogP contribution in [0.3, 0.4) is 0 Å². The maximum Gasteiger partial charge on any atom is 0.339 e. The number of carbonyl (C=O) groups is 2. The molecule has 156 valence electrons. The molecule has 0 aliphatic rings. The van der Waals surface area contributed by atoms with Crippen molar-refractivity contribution in [2.24, 2.45) is 0 Å². The third-order valence-corrected chi connectivity index (χ3v) is 4.91. The Labute approximate surface area is 180 Å². The van der Waals surface area contributed by atoms with Crippen molar-refractivity contribution < 1.29 is 23.5 Å². The van der Waals surface area contributed by atoms with E-state index in [1.807, 2.05) is 60.7 Å². The van der Waals surface area contributed by atoms with Gasteiger partial charge in [0.05, 0.1) is 24.3 Å². The fourth-order valence-corrected chi connectivity index (χ4v) is 3.55. The van der Waals surface area contributed by atoms with E-state index < -0.39 is 11.9 Å². The topological polar surface area (TPSA) is 65.7 Å². The first-order valence-electron chi connectivity index (χ1n) is 10.2. The van der Waals surface area contributed by atoms with E-state index in [0.29, 0.717) is 11.5 Å².